The smallest absolute Gasteiger partial charge is 0.227 e. The number of nitrogens with two attached hydrogens (primary N) is 1. The number of nitrogens with one attached hydrogen (secondary N) is 2. The predicted molar refractivity (Wildman–Crippen MR) is 123 cm³/mol. The third-order valence-corrected chi connectivity index (χ3v) is 5.94. The number of nitrogens with zero attached hydrogens (tertiary/aromatic N) is 4. The molecule has 1 aromatic heterocycles. The molecule has 1 unspecified atom stereocenters. The maximum absolute atomic E-state index is 5.88. The summed E-state index contributed by atoms with van der Waals surface area (Å²) in [5.74, 6) is 0.531. The van der Waals surface area contributed by atoms with Crippen molar-refractivity contribution in [1.82, 2.24) is 20.2 Å². The van der Waals surface area contributed by atoms with E-state index in [-0.39, 0.29) is 0 Å². The highest BCUT2D eigenvalue weighted by molar-refractivity contribution is 6.03. The predicted octanol–water partition coefficient (Wildman–Crippen LogP) is 2.73. The molecular formula is C23H31N7. The zero-order chi connectivity index (χ0) is 20.9. The molecular weight excluding hydrogens is 374 g/mol. The molecule has 7 heteroatoms. The fraction of sp³-hybridized carbons (Fsp3) is 0.435. The number of aromatic nitrogens is 2. The van der Waals surface area contributed by atoms with Crippen LogP contribution in [0.5, 0.6) is 0 Å². The van der Waals surface area contributed by atoms with Gasteiger partial charge in [0.25, 0.3) is 0 Å². The van der Waals surface area contributed by atoms with E-state index in [4.69, 9.17) is 10.7 Å². The monoisotopic (exact) mass is 405 g/mol. The van der Waals surface area contributed by atoms with E-state index in [1.165, 1.54) is 30.4 Å². The van der Waals surface area contributed by atoms with Crippen LogP contribution in [-0.2, 0) is 6.42 Å². The van der Waals surface area contributed by atoms with Gasteiger partial charge in [-0.05, 0) is 56.6 Å². The van der Waals surface area contributed by atoms with Crippen molar-refractivity contribution in [3.63, 3.8) is 0 Å². The fourth-order valence-corrected chi connectivity index (χ4v) is 4.26. The molecule has 0 fully saturated rings. The quantitative estimate of drug-likeness (QED) is 0.663. The first-order valence-corrected chi connectivity index (χ1v) is 10.7. The summed E-state index contributed by atoms with van der Waals surface area (Å²) in [6, 6.07) is 9.10. The van der Waals surface area contributed by atoms with Gasteiger partial charge in [0.1, 0.15) is 0 Å². The Kier molecular flexibility index (Phi) is 6.40. The van der Waals surface area contributed by atoms with Gasteiger partial charge >= 0.3 is 0 Å². The number of anilines is 1. The number of hydrogen-bond donors (Lipinski definition) is 3. The minimum absolute atomic E-state index is 0.436. The number of aliphatic imine (C=N–C) groups is 1. The number of benzene rings is 1. The molecule has 0 radical (unpaired) electrons. The first-order chi connectivity index (χ1) is 14.7. The van der Waals surface area contributed by atoms with E-state index in [9.17, 15) is 0 Å². The summed E-state index contributed by atoms with van der Waals surface area (Å²) >= 11 is 0. The van der Waals surface area contributed by atoms with E-state index in [1.807, 2.05) is 13.1 Å². The third kappa shape index (κ3) is 4.52. The number of hydrogen-bond acceptors (Lipinski definition) is 7. The molecule has 1 aromatic carbocycles. The Hall–Kier alpha value is -2.77. The standard InChI is InChI=1S/C23H31N7/c1-25-20-6-4-3-5-16-13-17(7-8-18(16)20)19-9-10-27-23(28-19)29-21(14-24)22-15-30(2)12-11-26-22/h7-10,13-14,20,25H,3-6,11-12,15,24H2,1-2H3,(H,27,28,29). The van der Waals surface area contributed by atoms with Crippen molar-refractivity contribution in [3.8, 4) is 11.3 Å². The third-order valence-electron chi connectivity index (χ3n) is 5.94. The molecule has 4 N–H and O–H groups in total. The summed E-state index contributed by atoms with van der Waals surface area (Å²) in [6.45, 7) is 2.49. The van der Waals surface area contributed by atoms with Gasteiger partial charge in [-0.1, -0.05) is 18.6 Å². The van der Waals surface area contributed by atoms with Gasteiger partial charge in [0.15, 0.2) is 0 Å². The normalized spacial score (nSPS) is 20.3. The highest BCUT2D eigenvalue weighted by Gasteiger charge is 2.18. The molecule has 1 atom stereocenters. The van der Waals surface area contributed by atoms with Crippen LogP contribution in [-0.4, -0.2) is 54.3 Å². The molecule has 158 valence electrons. The Bertz CT molecular complexity index is 950. The van der Waals surface area contributed by atoms with E-state index in [0.717, 1.165) is 48.7 Å². The topological polar surface area (TPSA) is 91.5 Å². The van der Waals surface area contributed by atoms with Crippen LogP contribution < -0.4 is 16.4 Å². The Morgan fingerprint density at radius 1 is 1.27 bits per heavy atom. The van der Waals surface area contributed by atoms with E-state index in [1.54, 1.807) is 12.4 Å². The Labute approximate surface area is 178 Å². The molecule has 0 saturated carbocycles. The summed E-state index contributed by atoms with van der Waals surface area (Å²) in [4.78, 5) is 16.0. The summed E-state index contributed by atoms with van der Waals surface area (Å²) in [7, 11) is 4.13. The molecule has 2 heterocycles. The number of likely N-dealkylation sites (N-methyl/N-ethyl adjacent to an activating group) is 1. The zero-order valence-electron chi connectivity index (χ0n) is 17.9. The highest BCUT2D eigenvalue weighted by Crippen LogP contribution is 2.31. The van der Waals surface area contributed by atoms with E-state index >= 15 is 0 Å². The molecule has 0 amide bonds. The Balaban J connectivity index is 1.58. The maximum Gasteiger partial charge on any atom is 0.227 e. The van der Waals surface area contributed by atoms with Crippen molar-refractivity contribution in [2.24, 2.45) is 10.7 Å². The van der Waals surface area contributed by atoms with Crippen molar-refractivity contribution < 1.29 is 0 Å². The lowest BCUT2D eigenvalue weighted by atomic mass is 9.96. The van der Waals surface area contributed by atoms with Crippen molar-refractivity contribution in [2.75, 3.05) is 39.0 Å². The molecule has 30 heavy (non-hydrogen) atoms. The van der Waals surface area contributed by atoms with Gasteiger partial charge < -0.3 is 16.4 Å². The van der Waals surface area contributed by atoms with Gasteiger partial charge in [-0.2, -0.15) is 0 Å². The average molecular weight is 406 g/mol. The van der Waals surface area contributed by atoms with Crippen LogP contribution in [0.4, 0.5) is 5.95 Å². The van der Waals surface area contributed by atoms with Crippen LogP contribution in [0.2, 0.25) is 0 Å². The second-order valence-electron chi connectivity index (χ2n) is 8.04. The van der Waals surface area contributed by atoms with Gasteiger partial charge in [-0.15, -0.1) is 0 Å². The number of rotatable bonds is 5. The van der Waals surface area contributed by atoms with Crippen LogP contribution in [0, 0.1) is 0 Å². The second kappa shape index (κ2) is 9.36. The molecule has 0 saturated heterocycles. The largest absolute Gasteiger partial charge is 0.403 e. The van der Waals surface area contributed by atoms with Crippen molar-refractivity contribution in [2.45, 2.75) is 31.7 Å². The van der Waals surface area contributed by atoms with Gasteiger partial charge in [-0.3, -0.25) is 9.89 Å². The van der Waals surface area contributed by atoms with Crippen LogP contribution in [0.3, 0.4) is 0 Å². The Morgan fingerprint density at radius 2 is 2.17 bits per heavy atom. The minimum atomic E-state index is 0.436. The molecule has 0 spiro atoms. The lowest BCUT2D eigenvalue weighted by Gasteiger charge is -2.23. The van der Waals surface area contributed by atoms with Crippen molar-refractivity contribution in [1.29, 1.82) is 0 Å². The zero-order valence-corrected chi connectivity index (χ0v) is 17.9. The van der Waals surface area contributed by atoms with Gasteiger partial charge in [-0.25, -0.2) is 9.97 Å². The number of fused-ring (bicyclic) bond motifs is 1. The van der Waals surface area contributed by atoms with E-state index < -0.39 is 0 Å². The van der Waals surface area contributed by atoms with E-state index in [2.05, 4.69) is 50.8 Å². The molecule has 2 aliphatic rings. The minimum Gasteiger partial charge on any atom is -0.403 e. The molecule has 0 bridgehead atoms. The van der Waals surface area contributed by atoms with Crippen molar-refractivity contribution in [3.05, 3.63) is 53.5 Å². The summed E-state index contributed by atoms with van der Waals surface area (Å²) in [5, 5.41) is 6.73. The van der Waals surface area contributed by atoms with Crippen LogP contribution in [0.25, 0.3) is 11.3 Å². The first kappa shape index (κ1) is 20.5. The van der Waals surface area contributed by atoms with E-state index in [0.29, 0.717) is 12.0 Å². The SMILES string of the molecule is CNC1CCCCc2cc(-c3ccnc(NC(=CN)C4=NCCN(C)C4)n3)ccc21. The van der Waals surface area contributed by atoms with Crippen LogP contribution >= 0.6 is 0 Å². The average Bonchev–Trinajstić information content (AvgIpc) is 2.99. The highest BCUT2D eigenvalue weighted by atomic mass is 15.2. The van der Waals surface area contributed by atoms with Gasteiger partial charge in [0.05, 0.1) is 23.6 Å². The van der Waals surface area contributed by atoms with Crippen LogP contribution in [0.1, 0.15) is 36.4 Å². The number of aryl methyl sites for hydroxylation is 1. The molecule has 7 nitrogen and oxygen atoms in total. The summed E-state index contributed by atoms with van der Waals surface area (Å²) in [6.07, 6.45) is 8.13. The summed E-state index contributed by atoms with van der Waals surface area (Å²) in [5.41, 5.74) is 12.4. The maximum atomic E-state index is 5.88. The molecule has 1 aliphatic carbocycles. The van der Waals surface area contributed by atoms with Crippen LogP contribution in [0.15, 0.2) is 47.4 Å². The molecule has 4 rings (SSSR count). The van der Waals surface area contributed by atoms with Gasteiger partial charge in [0.2, 0.25) is 5.95 Å². The molecule has 2 aromatic rings. The molecule has 1 aliphatic heterocycles. The second-order valence-corrected chi connectivity index (χ2v) is 8.04. The lowest BCUT2D eigenvalue weighted by Crippen LogP contribution is -2.35. The van der Waals surface area contributed by atoms with Gasteiger partial charge in [0, 0.05) is 37.1 Å². The summed E-state index contributed by atoms with van der Waals surface area (Å²) < 4.78 is 0. The fourth-order valence-electron chi connectivity index (χ4n) is 4.26. The van der Waals surface area contributed by atoms with Crippen molar-refractivity contribution >= 4 is 11.7 Å². The lowest BCUT2D eigenvalue weighted by molar-refractivity contribution is 0.379. The Morgan fingerprint density at radius 3 is 2.97 bits per heavy atom. The first-order valence-electron chi connectivity index (χ1n) is 10.7.